The molecule has 2 saturated heterocycles. The number of halogens is 1. The van der Waals surface area contributed by atoms with Gasteiger partial charge in [-0.2, -0.15) is 0 Å². The van der Waals surface area contributed by atoms with Crippen molar-refractivity contribution in [1.82, 2.24) is 4.90 Å². The van der Waals surface area contributed by atoms with Gasteiger partial charge >= 0.3 is 0 Å². The van der Waals surface area contributed by atoms with Gasteiger partial charge in [0.05, 0.1) is 13.2 Å². The molecule has 2 aliphatic heterocycles. The van der Waals surface area contributed by atoms with E-state index >= 15 is 0 Å². The van der Waals surface area contributed by atoms with Crippen molar-refractivity contribution in [3.8, 4) is 5.75 Å². The molecular weight excluding hydrogens is 306 g/mol. The Labute approximate surface area is 135 Å². The van der Waals surface area contributed by atoms with Gasteiger partial charge in [-0.1, -0.05) is 17.7 Å². The highest BCUT2D eigenvalue weighted by Crippen LogP contribution is 2.25. The molecule has 22 heavy (non-hydrogen) atoms. The van der Waals surface area contributed by atoms with Gasteiger partial charge in [-0.05, 0) is 31.0 Å². The maximum absolute atomic E-state index is 12.3. The lowest BCUT2D eigenvalue weighted by atomic mass is 9.97. The number of rotatable bonds is 4. The molecule has 2 heterocycles. The molecule has 2 aliphatic rings. The lowest BCUT2D eigenvalue weighted by Gasteiger charge is -2.34. The number of carbonyl (C=O) groups is 1. The Bertz CT molecular complexity index is 519. The first-order valence-corrected chi connectivity index (χ1v) is 7.99. The summed E-state index contributed by atoms with van der Waals surface area (Å²) in [6, 6.07) is 7.06. The summed E-state index contributed by atoms with van der Waals surface area (Å²) in [7, 11) is 0. The number of hydrogen-bond acceptors (Lipinski definition) is 4. The Hall–Kier alpha value is -1.30. The van der Waals surface area contributed by atoms with Gasteiger partial charge in [-0.3, -0.25) is 4.79 Å². The van der Waals surface area contributed by atoms with Crippen LogP contribution in [0.1, 0.15) is 12.8 Å². The third kappa shape index (κ3) is 3.91. The van der Waals surface area contributed by atoms with Crippen LogP contribution in [0.15, 0.2) is 24.3 Å². The molecular formula is C16H20ClNO4. The van der Waals surface area contributed by atoms with Gasteiger partial charge in [0.15, 0.2) is 12.9 Å². The minimum Gasteiger partial charge on any atom is -0.484 e. The summed E-state index contributed by atoms with van der Waals surface area (Å²) in [4.78, 5) is 14.1. The molecule has 6 heteroatoms. The number of piperidine rings is 1. The molecule has 1 aromatic carbocycles. The van der Waals surface area contributed by atoms with Gasteiger partial charge in [0.25, 0.3) is 5.91 Å². The monoisotopic (exact) mass is 325 g/mol. The van der Waals surface area contributed by atoms with E-state index in [0.29, 0.717) is 30.5 Å². The van der Waals surface area contributed by atoms with Gasteiger partial charge in [-0.15, -0.1) is 0 Å². The fourth-order valence-corrected chi connectivity index (χ4v) is 3.08. The molecule has 1 aromatic rings. The number of benzene rings is 1. The molecule has 0 aliphatic carbocycles. The molecule has 5 nitrogen and oxygen atoms in total. The summed E-state index contributed by atoms with van der Waals surface area (Å²) < 4.78 is 16.6. The summed E-state index contributed by atoms with van der Waals surface area (Å²) in [6.45, 7) is 2.75. The zero-order valence-corrected chi connectivity index (χ0v) is 13.1. The molecule has 1 amide bonds. The summed E-state index contributed by atoms with van der Waals surface area (Å²) in [5.41, 5.74) is 0. The average Bonchev–Trinajstić information content (AvgIpc) is 3.07. The van der Waals surface area contributed by atoms with E-state index in [1.54, 1.807) is 24.3 Å². The first-order chi connectivity index (χ1) is 10.7. The maximum Gasteiger partial charge on any atom is 0.260 e. The molecule has 0 aromatic heterocycles. The molecule has 0 spiro atoms. The third-order valence-corrected chi connectivity index (χ3v) is 4.24. The highest BCUT2D eigenvalue weighted by molar-refractivity contribution is 6.30. The highest BCUT2D eigenvalue weighted by atomic mass is 35.5. The van der Waals surface area contributed by atoms with Crippen molar-refractivity contribution in [3.63, 3.8) is 0 Å². The van der Waals surface area contributed by atoms with Crippen LogP contribution < -0.4 is 4.74 Å². The molecule has 0 saturated carbocycles. The smallest absolute Gasteiger partial charge is 0.260 e. The standard InChI is InChI=1S/C16H20ClNO4/c17-13-4-1-5-14(9-13)22-11-15(19)18-6-2-3-12(10-18)16-20-7-8-21-16/h1,4-5,9,12,16H,2-3,6-8,10-11H2. The number of amides is 1. The number of ether oxygens (including phenoxy) is 3. The Kier molecular flexibility index (Phi) is 5.18. The molecule has 1 atom stereocenters. The van der Waals surface area contributed by atoms with E-state index in [-0.39, 0.29) is 24.7 Å². The molecule has 0 bridgehead atoms. The van der Waals surface area contributed by atoms with E-state index < -0.39 is 0 Å². The average molecular weight is 326 g/mol. The largest absolute Gasteiger partial charge is 0.484 e. The lowest BCUT2D eigenvalue weighted by molar-refractivity contribution is -0.141. The van der Waals surface area contributed by atoms with Crippen LogP contribution >= 0.6 is 11.6 Å². The number of likely N-dealkylation sites (tertiary alicyclic amines) is 1. The third-order valence-electron chi connectivity index (χ3n) is 4.00. The van der Waals surface area contributed by atoms with Crippen molar-refractivity contribution >= 4 is 17.5 Å². The zero-order chi connectivity index (χ0) is 15.4. The predicted octanol–water partition coefficient (Wildman–Crippen LogP) is 2.33. The molecule has 1 unspecified atom stereocenters. The van der Waals surface area contributed by atoms with Crippen molar-refractivity contribution in [1.29, 1.82) is 0 Å². The highest BCUT2D eigenvalue weighted by Gasteiger charge is 2.32. The SMILES string of the molecule is O=C(COc1cccc(Cl)c1)N1CCCC(C2OCCO2)C1. The fraction of sp³-hybridized carbons (Fsp3) is 0.562. The van der Waals surface area contributed by atoms with Gasteiger partial charge < -0.3 is 19.1 Å². The second-order valence-electron chi connectivity index (χ2n) is 5.60. The van der Waals surface area contributed by atoms with Crippen molar-refractivity contribution in [2.24, 2.45) is 5.92 Å². The Morgan fingerprint density at radius 1 is 1.36 bits per heavy atom. The van der Waals surface area contributed by atoms with Crippen molar-refractivity contribution in [3.05, 3.63) is 29.3 Å². The van der Waals surface area contributed by atoms with Gasteiger partial charge in [0.1, 0.15) is 5.75 Å². The van der Waals surface area contributed by atoms with Crippen LogP contribution in [0.2, 0.25) is 5.02 Å². The van der Waals surface area contributed by atoms with E-state index in [9.17, 15) is 4.79 Å². The second kappa shape index (κ2) is 7.31. The minimum absolute atomic E-state index is 0.0114. The van der Waals surface area contributed by atoms with Crippen LogP contribution in [0.4, 0.5) is 0 Å². The van der Waals surface area contributed by atoms with Crippen LogP contribution in [0.25, 0.3) is 0 Å². The summed E-state index contributed by atoms with van der Waals surface area (Å²) in [5.74, 6) is 0.853. The van der Waals surface area contributed by atoms with E-state index in [4.69, 9.17) is 25.8 Å². The number of hydrogen-bond donors (Lipinski definition) is 0. The van der Waals surface area contributed by atoms with Crippen LogP contribution in [0.3, 0.4) is 0 Å². The van der Waals surface area contributed by atoms with Crippen molar-refractivity contribution < 1.29 is 19.0 Å². The van der Waals surface area contributed by atoms with Gasteiger partial charge in [-0.25, -0.2) is 0 Å². The van der Waals surface area contributed by atoms with E-state index in [0.717, 1.165) is 19.4 Å². The Balaban J connectivity index is 1.51. The fourth-order valence-electron chi connectivity index (χ4n) is 2.90. The molecule has 0 radical (unpaired) electrons. The van der Waals surface area contributed by atoms with Crippen LogP contribution in [-0.4, -0.2) is 50.0 Å². The first-order valence-electron chi connectivity index (χ1n) is 7.62. The Morgan fingerprint density at radius 3 is 2.95 bits per heavy atom. The van der Waals surface area contributed by atoms with Crippen LogP contribution in [-0.2, 0) is 14.3 Å². The first kappa shape index (κ1) is 15.6. The van der Waals surface area contributed by atoms with Gasteiger partial charge in [0.2, 0.25) is 0 Å². The van der Waals surface area contributed by atoms with Gasteiger partial charge in [0, 0.05) is 24.0 Å². The van der Waals surface area contributed by atoms with Crippen molar-refractivity contribution in [2.75, 3.05) is 32.9 Å². The second-order valence-corrected chi connectivity index (χ2v) is 6.03. The Morgan fingerprint density at radius 2 is 2.18 bits per heavy atom. The summed E-state index contributed by atoms with van der Waals surface area (Å²) in [6.07, 6.45) is 1.84. The minimum atomic E-state index is -0.163. The lowest BCUT2D eigenvalue weighted by Crippen LogP contribution is -2.45. The topological polar surface area (TPSA) is 48.0 Å². The van der Waals surface area contributed by atoms with E-state index in [1.165, 1.54) is 0 Å². The molecule has 0 N–H and O–H groups in total. The van der Waals surface area contributed by atoms with Crippen LogP contribution in [0, 0.1) is 5.92 Å². The van der Waals surface area contributed by atoms with Crippen LogP contribution in [0.5, 0.6) is 5.75 Å². The van der Waals surface area contributed by atoms with E-state index in [1.807, 2.05) is 4.90 Å². The molecule has 120 valence electrons. The number of carbonyl (C=O) groups excluding carboxylic acids is 1. The zero-order valence-electron chi connectivity index (χ0n) is 12.4. The predicted molar refractivity (Wildman–Crippen MR) is 81.9 cm³/mol. The summed E-state index contributed by atoms with van der Waals surface area (Å²) in [5, 5.41) is 0.596. The van der Waals surface area contributed by atoms with E-state index in [2.05, 4.69) is 0 Å². The number of nitrogens with zero attached hydrogens (tertiary/aromatic N) is 1. The normalized spacial score (nSPS) is 22.8. The molecule has 2 fully saturated rings. The van der Waals surface area contributed by atoms with Crippen molar-refractivity contribution in [2.45, 2.75) is 19.1 Å². The summed E-state index contributed by atoms with van der Waals surface area (Å²) >= 11 is 5.90. The quantitative estimate of drug-likeness (QED) is 0.852. The maximum atomic E-state index is 12.3. The molecule has 3 rings (SSSR count).